The number of carbonyl (C=O) groups excluding carboxylic acids is 1. The Balaban J connectivity index is 2.03. The predicted octanol–water partition coefficient (Wildman–Crippen LogP) is 4.10. The number of halogens is 3. The van der Waals surface area contributed by atoms with Gasteiger partial charge in [-0.3, -0.25) is 4.79 Å². The largest absolute Gasteiger partial charge is 0.341 e. The van der Waals surface area contributed by atoms with Crippen molar-refractivity contribution in [1.29, 1.82) is 0 Å². The molecule has 1 N–H and O–H groups in total. The van der Waals surface area contributed by atoms with Gasteiger partial charge in [-0.2, -0.15) is 8.78 Å². The lowest BCUT2D eigenvalue weighted by molar-refractivity contribution is -0.111. The Morgan fingerprint density at radius 2 is 1.62 bits per heavy atom. The molecule has 0 saturated carbocycles. The maximum absolute atomic E-state index is 12.4. The van der Waals surface area contributed by atoms with E-state index in [1.54, 1.807) is 6.08 Å². The molecule has 0 heterocycles. The first-order valence-electron chi connectivity index (χ1n) is 6.66. The van der Waals surface area contributed by atoms with Gasteiger partial charge in [0, 0.05) is 16.2 Å². The molecule has 0 unspecified atom stereocenters. The summed E-state index contributed by atoms with van der Waals surface area (Å²) in [5.74, 6) is -3.91. The first-order chi connectivity index (χ1) is 11.3. The molecule has 24 heavy (non-hydrogen) atoms. The summed E-state index contributed by atoms with van der Waals surface area (Å²) < 4.78 is 48.4. The van der Waals surface area contributed by atoms with Gasteiger partial charge in [0.2, 0.25) is 15.7 Å². The average molecular weight is 416 g/mol. The van der Waals surface area contributed by atoms with Crippen molar-refractivity contribution in [2.75, 3.05) is 5.32 Å². The van der Waals surface area contributed by atoms with E-state index in [0.29, 0.717) is 5.69 Å². The van der Waals surface area contributed by atoms with Crippen molar-refractivity contribution in [2.45, 2.75) is 10.7 Å². The molecule has 0 atom stereocenters. The Morgan fingerprint density at radius 1 is 1.04 bits per heavy atom. The van der Waals surface area contributed by atoms with E-state index in [2.05, 4.69) is 21.2 Å². The van der Waals surface area contributed by atoms with Gasteiger partial charge in [0.05, 0.1) is 4.90 Å². The SMILES string of the molecule is O=C(C=Cc1ccc(Br)cc1)Nc1ccc(S(=O)(=O)C(F)F)cc1. The summed E-state index contributed by atoms with van der Waals surface area (Å²) in [4.78, 5) is 11.3. The standard InChI is InChI=1S/C16H12BrF2NO3S/c17-12-4-1-11(2-5-12)3-10-15(21)20-13-6-8-14(9-7-13)24(22,23)16(18)19/h1-10,16H,(H,20,21). The van der Waals surface area contributed by atoms with Crippen LogP contribution in [0.1, 0.15) is 5.56 Å². The van der Waals surface area contributed by atoms with Crippen molar-refractivity contribution in [2.24, 2.45) is 0 Å². The number of nitrogens with one attached hydrogen (secondary N) is 1. The lowest BCUT2D eigenvalue weighted by atomic mass is 10.2. The van der Waals surface area contributed by atoms with Crippen LogP contribution in [0.3, 0.4) is 0 Å². The second kappa shape index (κ2) is 7.67. The zero-order chi connectivity index (χ0) is 17.7. The molecule has 0 aromatic heterocycles. The van der Waals surface area contributed by atoms with Crippen molar-refractivity contribution >= 4 is 43.4 Å². The summed E-state index contributed by atoms with van der Waals surface area (Å²) in [6.45, 7) is 0. The molecule has 4 nitrogen and oxygen atoms in total. The van der Waals surface area contributed by atoms with Crippen LogP contribution in [0.15, 0.2) is 64.0 Å². The van der Waals surface area contributed by atoms with Gasteiger partial charge in [-0.1, -0.05) is 28.1 Å². The summed E-state index contributed by atoms with van der Waals surface area (Å²) in [5.41, 5.74) is 1.13. The highest BCUT2D eigenvalue weighted by molar-refractivity contribution is 9.10. The molecule has 0 saturated heterocycles. The van der Waals surface area contributed by atoms with Gasteiger partial charge in [-0.25, -0.2) is 8.42 Å². The van der Waals surface area contributed by atoms with Crippen molar-refractivity contribution in [3.8, 4) is 0 Å². The molecule has 0 bridgehead atoms. The van der Waals surface area contributed by atoms with Crippen LogP contribution >= 0.6 is 15.9 Å². The van der Waals surface area contributed by atoms with Crippen molar-refractivity contribution in [3.63, 3.8) is 0 Å². The zero-order valence-electron chi connectivity index (χ0n) is 12.1. The number of hydrogen-bond donors (Lipinski definition) is 1. The van der Waals surface area contributed by atoms with E-state index < -0.39 is 26.4 Å². The molecule has 1 amide bonds. The highest BCUT2D eigenvalue weighted by Crippen LogP contribution is 2.20. The Hall–Kier alpha value is -2.06. The number of alkyl halides is 2. The third kappa shape index (κ3) is 4.72. The van der Waals surface area contributed by atoms with Crippen LogP contribution < -0.4 is 5.32 Å². The number of benzene rings is 2. The van der Waals surface area contributed by atoms with E-state index >= 15 is 0 Å². The number of carbonyl (C=O) groups is 1. The molecular weight excluding hydrogens is 404 g/mol. The molecular formula is C16H12BrF2NO3S. The minimum absolute atomic E-state index is 0.300. The molecule has 0 aliphatic heterocycles. The molecule has 2 aromatic rings. The van der Waals surface area contributed by atoms with Crippen LogP contribution in [0.5, 0.6) is 0 Å². The fourth-order valence-electron chi connectivity index (χ4n) is 1.76. The quantitative estimate of drug-likeness (QED) is 0.747. The van der Waals surface area contributed by atoms with Gasteiger partial charge in [0.15, 0.2) is 0 Å². The summed E-state index contributed by atoms with van der Waals surface area (Å²) in [6, 6.07) is 11.8. The van der Waals surface area contributed by atoms with Crippen molar-refractivity contribution in [1.82, 2.24) is 0 Å². The molecule has 0 spiro atoms. The third-order valence-corrected chi connectivity index (χ3v) is 4.91. The lowest BCUT2D eigenvalue weighted by Gasteiger charge is -2.05. The van der Waals surface area contributed by atoms with Gasteiger partial charge < -0.3 is 5.32 Å². The number of anilines is 1. The van der Waals surface area contributed by atoms with Crippen LogP contribution in [0.4, 0.5) is 14.5 Å². The molecule has 0 fully saturated rings. The maximum Gasteiger partial charge on any atom is 0.341 e. The van der Waals surface area contributed by atoms with E-state index in [0.717, 1.165) is 22.2 Å². The Labute approximate surface area is 146 Å². The van der Waals surface area contributed by atoms with E-state index in [-0.39, 0.29) is 0 Å². The van der Waals surface area contributed by atoms with E-state index in [1.165, 1.54) is 18.2 Å². The fourth-order valence-corrected chi connectivity index (χ4v) is 2.75. The monoisotopic (exact) mass is 415 g/mol. The Morgan fingerprint density at radius 3 is 2.17 bits per heavy atom. The second-order valence-corrected chi connectivity index (χ2v) is 7.54. The molecule has 8 heteroatoms. The summed E-state index contributed by atoms with van der Waals surface area (Å²) in [5, 5.41) is 2.51. The lowest BCUT2D eigenvalue weighted by Crippen LogP contribution is -2.12. The average Bonchev–Trinajstić information content (AvgIpc) is 2.54. The van der Waals surface area contributed by atoms with E-state index in [9.17, 15) is 22.0 Å². The van der Waals surface area contributed by atoms with E-state index in [4.69, 9.17) is 0 Å². The number of amides is 1. The normalized spacial score (nSPS) is 11.8. The Bertz CT molecular complexity index is 848. The van der Waals surface area contributed by atoms with Crippen molar-refractivity contribution < 1.29 is 22.0 Å². The van der Waals surface area contributed by atoms with Crippen LogP contribution in [-0.4, -0.2) is 20.1 Å². The molecule has 0 aliphatic carbocycles. The maximum atomic E-state index is 12.4. The van der Waals surface area contributed by atoms with Crippen molar-refractivity contribution in [3.05, 3.63) is 64.6 Å². The predicted molar refractivity (Wildman–Crippen MR) is 91.4 cm³/mol. The van der Waals surface area contributed by atoms with Gasteiger partial charge in [-0.15, -0.1) is 0 Å². The Kier molecular flexibility index (Phi) is 5.84. The molecule has 0 radical (unpaired) electrons. The van der Waals surface area contributed by atoms with Crippen LogP contribution in [-0.2, 0) is 14.6 Å². The third-order valence-electron chi connectivity index (χ3n) is 2.98. The number of rotatable bonds is 5. The summed E-state index contributed by atoms with van der Waals surface area (Å²) >= 11 is 3.31. The van der Waals surface area contributed by atoms with Gasteiger partial charge in [0.1, 0.15) is 0 Å². The van der Waals surface area contributed by atoms with Gasteiger partial charge in [-0.05, 0) is 48.0 Å². The van der Waals surface area contributed by atoms with Gasteiger partial charge in [0.25, 0.3) is 0 Å². The molecule has 2 aromatic carbocycles. The molecule has 0 aliphatic rings. The molecule has 126 valence electrons. The second-order valence-electron chi connectivity index (χ2n) is 4.70. The minimum atomic E-state index is -4.64. The van der Waals surface area contributed by atoms with E-state index in [1.807, 2.05) is 24.3 Å². The number of hydrogen-bond acceptors (Lipinski definition) is 3. The van der Waals surface area contributed by atoms with Crippen LogP contribution in [0.25, 0.3) is 6.08 Å². The smallest absolute Gasteiger partial charge is 0.323 e. The summed E-state index contributed by atoms with van der Waals surface area (Å²) in [7, 11) is -4.64. The summed E-state index contributed by atoms with van der Waals surface area (Å²) in [6.07, 6.45) is 2.92. The number of sulfone groups is 1. The first-order valence-corrected chi connectivity index (χ1v) is 9.00. The van der Waals surface area contributed by atoms with Gasteiger partial charge >= 0.3 is 5.76 Å². The highest BCUT2D eigenvalue weighted by Gasteiger charge is 2.26. The minimum Gasteiger partial charge on any atom is -0.323 e. The van der Waals surface area contributed by atoms with Crippen LogP contribution in [0.2, 0.25) is 0 Å². The topological polar surface area (TPSA) is 63.2 Å². The first kappa shape index (κ1) is 18.3. The zero-order valence-corrected chi connectivity index (χ0v) is 14.5. The van der Waals surface area contributed by atoms with Crippen LogP contribution in [0, 0.1) is 0 Å². The molecule has 2 rings (SSSR count). The highest BCUT2D eigenvalue weighted by atomic mass is 79.9. The fraction of sp³-hybridized carbons (Fsp3) is 0.0625.